The molecule has 1 unspecified atom stereocenters. The molecule has 1 aliphatic heterocycles. The number of benzene rings is 1. The molecule has 2 heterocycles. The highest BCUT2D eigenvalue weighted by atomic mass is 35.5. The molecule has 0 N–H and O–H groups in total. The van der Waals surface area contributed by atoms with Crippen molar-refractivity contribution in [2.45, 2.75) is 17.4 Å². The number of nitrogens with zero attached hydrogens (tertiary/aromatic N) is 3. The lowest BCUT2D eigenvalue weighted by atomic mass is 10.3. The summed E-state index contributed by atoms with van der Waals surface area (Å²) < 4.78 is 50.3. The van der Waals surface area contributed by atoms with Crippen LogP contribution in [0, 0.1) is 5.82 Å². The average Bonchev–Trinajstić information content (AvgIpc) is 3.07. The Morgan fingerprint density at radius 2 is 1.96 bits per heavy atom. The molecule has 1 aromatic heterocycles. The summed E-state index contributed by atoms with van der Waals surface area (Å²) in [4.78, 5) is -0.0520. The Hall–Kier alpha value is -1.97. The number of halogens is 2. The second-order valence-corrected chi connectivity index (χ2v) is 7.73. The fourth-order valence-electron chi connectivity index (χ4n) is 2.45. The Bertz CT molecular complexity index is 864. The number of methoxy groups -OCH3 is 1. The van der Waals surface area contributed by atoms with Crippen LogP contribution < -0.4 is 9.47 Å². The fraction of sp³-hybridized carbons (Fsp3) is 0.333. The van der Waals surface area contributed by atoms with Gasteiger partial charge in [0.2, 0.25) is 21.8 Å². The van der Waals surface area contributed by atoms with Crippen LogP contribution in [0.15, 0.2) is 35.2 Å². The first kappa shape index (κ1) is 17.8. The van der Waals surface area contributed by atoms with Crippen molar-refractivity contribution in [3.8, 4) is 11.8 Å². The molecule has 0 saturated carbocycles. The second-order valence-electron chi connectivity index (χ2n) is 5.38. The summed E-state index contributed by atoms with van der Waals surface area (Å²) in [6.07, 6.45) is 0.149. The van der Waals surface area contributed by atoms with Crippen LogP contribution in [0.3, 0.4) is 0 Å². The molecule has 0 aliphatic carbocycles. The van der Waals surface area contributed by atoms with Gasteiger partial charge in [-0.15, -0.1) is 10.2 Å². The Kier molecular flexibility index (Phi) is 5.07. The second kappa shape index (κ2) is 7.11. The van der Waals surface area contributed by atoms with Crippen LogP contribution in [0.1, 0.15) is 6.42 Å². The van der Waals surface area contributed by atoms with Crippen molar-refractivity contribution >= 4 is 21.6 Å². The lowest BCUT2D eigenvalue weighted by Crippen LogP contribution is -2.31. The molecule has 1 saturated heterocycles. The average molecular weight is 388 g/mol. The van der Waals surface area contributed by atoms with Gasteiger partial charge in [0.05, 0.1) is 23.6 Å². The molecule has 1 fully saturated rings. The zero-order chi connectivity index (χ0) is 18.0. The third-order valence-electron chi connectivity index (χ3n) is 3.75. The fourth-order valence-corrected chi connectivity index (χ4v) is 4.21. The predicted octanol–water partition coefficient (Wildman–Crippen LogP) is 2.12. The van der Waals surface area contributed by atoms with Crippen molar-refractivity contribution in [1.82, 2.24) is 14.5 Å². The molecule has 134 valence electrons. The molecule has 0 amide bonds. The molecule has 0 spiro atoms. The zero-order valence-corrected chi connectivity index (χ0v) is 14.8. The Labute approximate surface area is 149 Å². The standard InChI is InChI=1S/C15H15ClFN3O4S/c1-23-14-4-5-15(19-18-14)24-10-6-7-20(9-10)25(21,22)11-2-3-13(17)12(16)8-11/h2-5,8,10H,6-7,9H2,1H3. The van der Waals surface area contributed by atoms with Crippen molar-refractivity contribution in [1.29, 1.82) is 0 Å². The highest BCUT2D eigenvalue weighted by Gasteiger charge is 2.34. The topological polar surface area (TPSA) is 81.6 Å². The first-order chi connectivity index (χ1) is 11.9. The minimum Gasteiger partial charge on any atom is -0.480 e. The largest absolute Gasteiger partial charge is 0.480 e. The van der Waals surface area contributed by atoms with Crippen LogP contribution in [0.25, 0.3) is 0 Å². The normalized spacial score (nSPS) is 18.3. The molecule has 1 aliphatic rings. The Balaban J connectivity index is 1.69. The van der Waals surface area contributed by atoms with E-state index in [9.17, 15) is 12.8 Å². The van der Waals surface area contributed by atoms with Crippen LogP contribution in [0.4, 0.5) is 4.39 Å². The molecule has 1 aromatic carbocycles. The summed E-state index contributed by atoms with van der Waals surface area (Å²) in [5, 5.41) is 7.41. The third kappa shape index (κ3) is 3.83. The first-order valence-corrected chi connectivity index (χ1v) is 9.21. The zero-order valence-electron chi connectivity index (χ0n) is 13.2. The third-order valence-corrected chi connectivity index (χ3v) is 5.90. The van der Waals surface area contributed by atoms with Crippen LogP contribution in [-0.4, -0.2) is 49.2 Å². The molecule has 10 heteroatoms. The van der Waals surface area contributed by atoms with Gasteiger partial charge in [-0.1, -0.05) is 11.6 Å². The van der Waals surface area contributed by atoms with Gasteiger partial charge in [0, 0.05) is 18.7 Å². The van der Waals surface area contributed by atoms with E-state index >= 15 is 0 Å². The molecule has 0 radical (unpaired) electrons. The Morgan fingerprint density at radius 1 is 1.24 bits per heavy atom. The van der Waals surface area contributed by atoms with Gasteiger partial charge in [0.1, 0.15) is 11.9 Å². The van der Waals surface area contributed by atoms with E-state index in [1.54, 1.807) is 12.1 Å². The lowest BCUT2D eigenvalue weighted by Gasteiger charge is -2.17. The molecule has 1 atom stereocenters. The smallest absolute Gasteiger partial charge is 0.243 e. The lowest BCUT2D eigenvalue weighted by molar-refractivity contribution is 0.203. The maximum atomic E-state index is 13.2. The number of sulfonamides is 1. The van der Waals surface area contributed by atoms with Gasteiger partial charge in [-0.3, -0.25) is 0 Å². The van der Waals surface area contributed by atoms with Gasteiger partial charge in [0.15, 0.2) is 0 Å². The minimum atomic E-state index is -3.77. The number of aromatic nitrogens is 2. The molecular weight excluding hydrogens is 373 g/mol. The van der Waals surface area contributed by atoms with Crippen molar-refractivity contribution in [3.63, 3.8) is 0 Å². The molecule has 25 heavy (non-hydrogen) atoms. The summed E-state index contributed by atoms with van der Waals surface area (Å²) in [5.41, 5.74) is 0. The van der Waals surface area contributed by atoms with Crippen LogP contribution in [0.2, 0.25) is 5.02 Å². The van der Waals surface area contributed by atoms with Gasteiger partial charge in [0.25, 0.3) is 0 Å². The number of hydrogen-bond donors (Lipinski definition) is 0. The number of ether oxygens (including phenoxy) is 2. The first-order valence-electron chi connectivity index (χ1n) is 7.40. The maximum Gasteiger partial charge on any atom is 0.243 e. The Morgan fingerprint density at radius 3 is 2.60 bits per heavy atom. The summed E-state index contributed by atoms with van der Waals surface area (Å²) in [6, 6.07) is 6.54. The monoisotopic (exact) mass is 387 g/mol. The van der Waals surface area contributed by atoms with Gasteiger partial charge >= 0.3 is 0 Å². The SMILES string of the molecule is COc1ccc(OC2CCN(S(=O)(=O)c3ccc(F)c(Cl)c3)C2)nn1. The van der Waals surface area contributed by atoms with Gasteiger partial charge in [-0.2, -0.15) is 4.31 Å². The van der Waals surface area contributed by atoms with E-state index in [0.717, 1.165) is 12.1 Å². The van der Waals surface area contributed by atoms with Crippen LogP contribution in [-0.2, 0) is 10.0 Å². The van der Waals surface area contributed by atoms with Crippen molar-refractivity contribution < 1.29 is 22.3 Å². The van der Waals surface area contributed by atoms with Crippen molar-refractivity contribution in [2.75, 3.05) is 20.2 Å². The van der Waals surface area contributed by atoms with E-state index in [1.165, 1.54) is 17.5 Å². The van der Waals surface area contributed by atoms with E-state index in [4.69, 9.17) is 21.1 Å². The predicted molar refractivity (Wildman–Crippen MR) is 87.8 cm³/mol. The van der Waals surface area contributed by atoms with Gasteiger partial charge in [-0.25, -0.2) is 12.8 Å². The minimum absolute atomic E-state index is 0.0520. The summed E-state index contributed by atoms with van der Waals surface area (Å²) >= 11 is 5.68. The van der Waals surface area contributed by atoms with Crippen molar-refractivity contribution in [3.05, 3.63) is 41.2 Å². The number of hydrogen-bond acceptors (Lipinski definition) is 6. The maximum absolute atomic E-state index is 13.2. The van der Waals surface area contributed by atoms with Crippen molar-refractivity contribution in [2.24, 2.45) is 0 Å². The summed E-state index contributed by atoms with van der Waals surface area (Å²) in [7, 11) is -2.29. The molecular formula is C15H15ClFN3O4S. The summed E-state index contributed by atoms with van der Waals surface area (Å²) in [5.74, 6) is -0.0210. The van der Waals surface area contributed by atoms with Crippen LogP contribution >= 0.6 is 11.6 Å². The van der Waals surface area contributed by atoms with E-state index in [-0.39, 0.29) is 35.0 Å². The van der Waals surface area contributed by atoms with E-state index in [0.29, 0.717) is 12.3 Å². The quantitative estimate of drug-likeness (QED) is 0.781. The summed E-state index contributed by atoms with van der Waals surface area (Å²) in [6.45, 7) is 0.441. The van der Waals surface area contributed by atoms with E-state index in [2.05, 4.69) is 10.2 Å². The molecule has 0 bridgehead atoms. The van der Waals surface area contributed by atoms with E-state index < -0.39 is 15.8 Å². The highest BCUT2D eigenvalue weighted by molar-refractivity contribution is 7.89. The molecule has 7 nitrogen and oxygen atoms in total. The van der Waals surface area contributed by atoms with Crippen LogP contribution in [0.5, 0.6) is 11.8 Å². The van der Waals surface area contributed by atoms with Gasteiger partial charge in [-0.05, 0) is 24.6 Å². The number of rotatable bonds is 5. The molecule has 2 aromatic rings. The van der Waals surface area contributed by atoms with Gasteiger partial charge < -0.3 is 9.47 Å². The molecule has 3 rings (SSSR count). The van der Waals surface area contributed by atoms with E-state index in [1.807, 2.05) is 0 Å². The highest BCUT2D eigenvalue weighted by Crippen LogP contribution is 2.26.